The van der Waals surface area contributed by atoms with Crippen LogP contribution >= 0.6 is 35.0 Å². The molecule has 0 unspecified atom stereocenters. The Hall–Kier alpha value is 0.210. The molecule has 0 fully saturated rings. The molecule has 0 bridgehead atoms. The molecule has 0 aliphatic carbocycles. The van der Waals surface area contributed by atoms with Crippen LogP contribution in [-0.2, 0) is 5.75 Å². The fourth-order valence-corrected chi connectivity index (χ4v) is 1.76. The highest BCUT2D eigenvalue weighted by Gasteiger charge is 1.98. The monoisotopic (exact) mass is 210 g/mol. The Morgan fingerprint density at radius 3 is 2.82 bits per heavy atom. The van der Waals surface area contributed by atoms with Gasteiger partial charge < -0.3 is 4.42 Å². The zero-order valence-corrected chi connectivity index (χ0v) is 8.18. The topological polar surface area (TPSA) is 13.1 Å². The van der Waals surface area contributed by atoms with Crippen molar-refractivity contribution >= 4 is 35.0 Å². The van der Waals surface area contributed by atoms with Crippen molar-refractivity contribution in [2.45, 2.75) is 5.75 Å². The first-order valence-electron chi connectivity index (χ1n) is 3.21. The van der Waals surface area contributed by atoms with Crippen molar-refractivity contribution in [1.82, 2.24) is 0 Å². The minimum absolute atomic E-state index is 0.450. The van der Waals surface area contributed by atoms with Crippen LogP contribution in [0.1, 0.15) is 5.76 Å². The largest absolute Gasteiger partial charge is 0.449 e. The summed E-state index contributed by atoms with van der Waals surface area (Å²) in [6, 6.07) is 3.63. The van der Waals surface area contributed by atoms with E-state index in [4.69, 9.17) is 27.6 Å². The van der Waals surface area contributed by atoms with Crippen LogP contribution in [-0.4, -0.2) is 11.6 Å². The van der Waals surface area contributed by atoms with E-state index in [1.165, 1.54) is 0 Å². The van der Waals surface area contributed by atoms with Gasteiger partial charge in [0.25, 0.3) is 0 Å². The van der Waals surface area contributed by atoms with Crippen molar-refractivity contribution in [3.63, 3.8) is 0 Å². The Kier molecular flexibility index (Phi) is 4.20. The molecular formula is C7H8Cl2OS. The predicted molar refractivity (Wildman–Crippen MR) is 50.6 cm³/mol. The number of hydrogen-bond donors (Lipinski definition) is 0. The number of furan rings is 1. The van der Waals surface area contributed by atoms with E-state index in [0.717, 1.165) is 17.3 Å². The summed E-state index contributed by atoms with van der Waals surface area (Å²) in [4.78, 5) is 0. The SMILES string of the molecule is ClCCSCc1ccc(Cl)o1. The third-order valence-electron chi connectivity index (χ3n) is 1.09. The van der Waals surface area contributed by atoms with Crippen LogP contribution < -0.4 is 0 Å². The van der Waals surface area contributed by atoms with Crippen LogP contribution in [0.5, 0.6) is 0 Å². The van der Waals surface area contributed by atoms with Gasteiger partial charge in [-0.1, -0.05) is 0 Å². The average Bonchev–Trinajstić information content (AvgIpc) is 2.37. The summed E-state index contributed by atoms with van der Waals surface area (Å²) in [6.07, 6.45) is 0. The number of rotatable bonds is 4. The van der Waals surface area contributed by atoms with Gasteiger partial charge in [-0.2, -0.15) is 11.8 Å². The second kappa shape index (κ2) is 4.96. The normalized spacial score (nSPS) is 10.4. The molecular weight excluding hydrogens is 203 g/mol. The van der Waals surface area contributed by atoms with Crippen molar-refractivity contribution in [3.8, 4) is 0 Å². The summed E-state index contributed by atoms with van der Waals surface area (Å²) < 4.78 is 5.13. The van der Waals surface area contributed by atoms with Crippen LogP contribution in [0.3, 0.4) is 0 Å². The molecule has 1 aromatic rings. The Morgan fingerprint density at radius 1 is 1.45 bits per heavy atom. The van der Waals surface area contributed by atoms with Gasteiger partial charge in [0.2, 0.25) is 0 Å². The van der Waals surface area contributed by atoms with E-state index in [1.807, 2.05) is 6.07 Å². The Labute approximate surface area is 80.1 Å². The first kappa shape index (κ1) is 9.30. The first-order valence-corrected chi connectivity index (χ1v) is 5.27. The number of halogens is 2. The van der Waals surface area contributed by atoms with Gasteiger partial charge >= 0.3 is 0 Å². The van der Waals surface area contributed by atoms with E-state index in [-0.39, 0.29) is 0 Å². The van der Waals surface area contributed by atoms with Crippen molar-refractivity contribution in [2.75, 3.05) is 11.6 Å². The molecule has 0 aliphatic rings. The van der Waals surface area contributed by atoms with Crippen LogP contribution in [0.4, 0.5) is 0 Å². The molecule has 0 saturated carbocycles. The maximum absolute atomic E-state index is 5.57. The van der Waals surface area contributed by atoms with E-state index in [0.29, 0.717) is 11.1 Å². The van der Waals surface area contributed by atoms with E-state index in [9.17, 15) is 0 Å². The Balaban J connectivity index is 2.27. The Bertz CT molecular complexity index is 212. The molecule has 0 aromatic carbocycles. The van der Waals surface area contributed by atoms with Gasteiger partial charge in [-0.15, -0.1) is 11.6 Å². The molecule has 0 aliphatic heterocycles. The molecule has 1 nitrogen and oxygen atoms in total. The van der Waals surface area contributed by atoms with Crippen LogP contribution in [0.15, 0.2) is 16.5 Å². The first-order chi connectivity index (χ1) is 5.33. The molecule has 4 heteroatoms. The number of thioether (sulfide) groups is 1. The lowest BCUT2D eigenvalue weighted by molar-refractivity contribution is 0.532. The molecule has 1 heterocycles. The number of hydrogen-bond acceptors (Lipinski definition) is 2. The smallest absolute Gasteiger partial charge is 0.193 e. The van der Waals surface area contributed by atoms with Crippen molar-refractivity contribution < 1.29 is 4.42 Å². The highest BCUT2D eigenvalue weighted by molar-refractivity contribution is 7.98. The fourth-order valence-electron chi connectivity index (χ4n) is 0.657. The summed E-state index contributed by atoms with van der Waals surface area (Å²) in [6.45, 7) is 0. The van der Waals surface area contributed by atoms with Gasteiger partial charge in [0.05, 0.1) is 5.75 Å². The van der Waals surface area contributed by atoms with Crippen LogP contribution in [0.25, 0.3) is 0 Å². The van der Waals surface area contributed by atoms with Crippen LogP contribution in [0.2, 0.25) is 5.22 Å². The summed E-state index contributed by atoms with van der Waals surface area (Å²) in [5, 5.41) is 0.450. The maximum Gasteiger partial charge on any atom is 0.193 e. The highest BCUT2D eigenvalue weighted by Crippen LogP contribution is 2.18. The molecule has 1 aromatic heterocycles. The molecule has 0 radical (unpaired) electrons. The van der Waals surface area contributed by atoms with Crippen molar-refractivity contribution in [2.24, 2.45) is 0 Å². The summed E-state index contributed by atoms with van der Waals surface area (Å²) >= 11 is 12.8. The highest BCUT2D eigenvalue weighted by atomic mass is 35.5. The second-order valence-corrected chi connectivity index (χ2v) is 3.80. The zero-order valence-electron chi connectivity index (χ0n) is 5.85. The van der Waals surface area contributed by atoms with Gasteiger partial charge in [0, 0.05) is 11.6 Å². The molecule has 0 N–H and O–H groups in total. The second-order valence-electron chi connectivity index (χ2n) is 1.95. The Morgan fingerprint density at radius 2 is 2.27 bits per heavy atom. The summed E-state index contributed by atoms with van der Waals surface area (Å²) in [5.41, 5.74) is 0. The van der Waals surface area contributed by atoms with Gasteiger partial charge in [-0.3, -0.25) is 0 Å². The number of alkyl halides is 1. The van der Waals surface area contributed by atoms with Crippen LogP contribution in [0, 0.1) is 0 Å². The maximum atomic E-state index is 5.57. The summed E-state index contributed by atoms with van der Waals surface area (Å²) in [7, 11) is 0. The zero-order chi connectivity index (χ0) is 8.10. The summed E-state index contributed by atoms with van der Waals surface area (Å²) in [5.74, 6) is 3.38. The third-order valence-corrected chi connectivity index (χ3v) is 2.69. The molecule has 11 heavy (non-hydrogen) atoms. The van der Waals surface area contributed by atoms with E-state index in [2.05, 4.69) is 0 Å². The van der Waals surface area contributed by atoms with Gasteiger partial charge in [-0.25, -0.2) is 0 Å². The minimum atomic E-state index is 0.450. The minimum Gasteiger partial charge on any atom is -0.449 e. The van der Waals surface area contributed by atoms with Crippen molar-refractivity contribution in [1.29, 1.82) is 0 Å². The fraction of sp³-hybridized carbons (Fsp3) is 0.429. The van der Waals surface area contributed by atoms with Gasteiger partial charge in [-0.05, 0) is 23.7 Å². The molecule has 0 atom stereocenters. The molecule has 0 spiro atoms. The molecule has 62 valence electrons. The van der Waals surface area contributed by atoms with E-state index >= 15 is 0 Å². The molecule has 1 rings (SSSR count). The predicted octanol–water partition coefficient (Wildman–Crippen LogP) is 3.41. The van der Waals surface area contributed by atoms with E-state index in [1.54, 1.807) is 17.8 Å². The average molecular weight is 211 g/mol. The lowest BCUT2D eigenvalue weighted by Gasteiger charge is -1.93. The van der Waals surface area contributed by atoms with Gasteiger partial charge in [0.15, 0.2) is 5.22 Å². The van der Waals surface area contributed by atoms with Gasteiger partial charge in [0.1, 0.15) is 5.76 Å². The lowest BCUT2D eigenvalue weighted by atomic mass is 10.5. The van der Waals surface area contributed by atoms with E-state index < -0.39 is 0 Å². The molecule has 0 saturated heterocycles. The third kappa shape index (κ3) is 3.41. The molecule has 0 amide bonds. The lowest BCUT2D eigenvalue weighted by Crippen LogP contribution is -1.80. The van der Waals surface area contributed by atoms with Crippen molar-refractivity contribution in [3.05, 3.63) is 23.1 Å². The standard InChI is InChI=1S/C7H8Cl2OS/c8-3-4-11-5-6-1-2-7(9)10-6/h1-2H,3-5H2. The quantitative estimate of drug-likeness (QED) is 0.559.